The monoisotopic (exact) mass is 318 g/mol. The fraction of sp³-hybridized carbons (Fsp3) is 0.588. The lowest BCUT2D eigenvalue weighted by molar-refractivity contribution is -0.121. The number of rotatable bonds is 7. The number of carbonyl (C=O) groups is 1. The number of hydrogen-bond donors (Lipinski definition) is 2. The highest BCUT2D eigenvalue weighted by Crippen LogP contribution is 2.21. The summed E-state index contributed by atoms with van der Waals surface area (Å²) in [7, 11) is 1.81. The number of aromatic nitrogens is 3. The lowest BCUT2D eigenvalue weighted by Crippen LogP contribution is -2.26. The van der Waals surface area contributed by atoms with E-state index < -0.39 is 0 Å². The molecule has 126 valence electrons. The molecule has 23 heavy (non-hydrogen) atoms. The molecule has 0 atom stereocenters. The van der Waals surface area contributed by atoms with E-state index in [9.17, 15) is 9.59 Å². The third-order valence-corrected chi connectivity index (χ3v) is 4.26. The van der Waals surface area contributed by atoms with E-state index in [-0.39, 0.29) is 11.5 Å². The zero-order chi connectivity index (χ0) is 17.0. The second kappa shape index (κ2) is 7.44. The number of unbranched alkanes of at least 4 members (excludes halogenated alkanes) is 2. The maximum atomic E-state index is 12.3. The number of hydrogen-bond acceptors (Lipinski definition) is 3. The molecule has 6 nitrogen and oxygen atoms in total. The van der Waals surface area contributed by atoms with Crippen LogP contribution in [0.4, 0.5) is 0 Å². The average molecular weight is 318 g/mol. The van der Waals surface area contributed by atoms with Crippen molar-refractivity contribution in [1.82, 2.24) is 20.1 Å². The van der Waals surface area contributed by atoms with Crippen LogP contribution < -0.4 is 10.9 Å². The molecule has 0 aromatic carbocycles. The summed E-state index contributed by atoms with van der Waals surface area (Å²) in [6.45, 7) is 6.70. The van der Waals surface area contributed by atoms with Crippen molar-refractivity contribution in [1.29, 1.82) is 0 Å². The SMILES string of the molecule is CCCCCNC(=O)CCc1c(C)c2c(C)nn(C)c2[nH]c1=O. The van der Waals surface area contributed by atoms with Crippen molar-refractivity contribution in [2.24, 2.45) is 7.05 Å². The first-order chi connectivity index (χ1) is 11.0. The predicted octanol–water partition coefficient (Wildman–Crippen LogP) is 2.12. The summed E-state index contributed by atoms with van der Waals surface area (Å²) in [6, 6.07) is 0. The molecule has 2 aromatic rings. The van der Waals surface area contributed by atoms with Gasteiger partial charge < -0.3 is 10.3 Å². The van der Waals surface area contributed by atoms with E-state index in [1.807, 2.05) is 20.9 Å². The Morgan fingerprint density at radius 2 is 2.04 bits per heavy atom. The molecule has 2 aromatic heterocycles. The van der Waals surface area contributed by atoms with Gasteiger partial charge in [0.25, 0.3) is 5.56 Å². The van der Waals surface area contributed by atoms with E-state index in [0.29, 0.717) is 24.9 Å². The van der Waals surface area contributed by atoms with Crippen molar-refractivity contribution in [3.63, 3.8) is 0 Å². The van der Waals surface area contributed by atoms with Gasteiger partial charge in [0.2, 0.25) is 5.91 Å². The van der Waals surface area contributed by atoms with Gasteiger partial charge in [-0.2, -0.15) is 5.10 Å². The second-order valence-corrected chi connectivity index (χ2v) is 6.05. The molecule has 2 heterocycles. The van der Waals surface area contributed by atoms with Crippen molar-refractivity contribution in [3.8, 4) is 0 Å². The average Bonchev–Trinajstić information content (AvgIpc) is 2.78. The van der Waals surface area contributed by atoms with Gasteiger partial charge in [0.1, 0.15) is 5.65 Å². The molecule has 0 aliphatic rings. The van der Waals surface area contributed by atoms with Crippen LogP contribution in [0.2, 0.25) is 0 Å². The highest BCUT2D eigenvalue weighted by Gasteiger charge is 2.15. The molecule has 0 bridgehead atoms. The van der Waals surface area contributed by atoms with Gasteiger partial charge in [-0.3, -0.25) is 14.3 Å². The molecular weight excluding hydrogens is 292 g/mol. The normalized spacial score (nSPS) is 11.1. The number of aryl methyl sites for hydroxylation is 3. The van der Waals surface area contributed by atoms with Gasteiger partial charge in [-0.25, -0.2) is 0 Å². The lowest BCUT2D eigenvalue weighted by atomic mass is 10.0. The van der Waals surface area contributed by atoms with Gasteiger partial charge in [0.15, 0.2) is 0 Å². The van der Waals surface area contributed by atoms with Crippen LogP contribution in [0.1, 0.15) is 49.4 Å². The molecule has 1 amide bonds. The Morgan fingerprint density at radius 3 is 2.74 bits per heavy atom. The number of aromatic amines is 1. The standard InChI is InChI=1S/C17H26N4O2/c1-5-6-7-10-18-14(22)9-8-13-11(2)15-12(3)20-21(4)16(15)19-17(13)23/h5-10H2,1-4H3,(H,18,22)(H,19,23). The summed E-state index contributed by atoms with van der Waals surface area (Å²) < 4.78 is 1.68. The quantitative estimate of drug-likeness (QED) is 0.767. The molecule has 0 aliphatic heterocycles. The molecule has 0 unspecified atom stereocenters. The van der Waals surface area contributed by atoms with Gasteiger partial charge >= 0.3 is 0 Å². The maximum Gasteiger partial charge on any atom is 0.253 e. The Bertz CT molecular complexity index is 758. The molecular formula is C17H26N4O2. The van der Waals surface area contributed by atoms with Gasteiger partial charge in [0, 0.05) is 31.0 Å². The van der Waals surface area contributed by atoms with Gasteiger partial charge in [-0.15, -0.1) is 0 Å². The minimum Gasteiger partial charge on any atom is -0.356 e. The molecule has 0 aliphatic carbocycles. The van der Waals surface area contributed by atoms with Crippen molar-refractivity contribution in [2.75, 3.05) is 6.54 Å². The van der Waals surface area contributed by atoms with E-state index >= 15 is 0 Å². The van der Waals surface area contributed by atoms with Gasteiger partial charge in [-0.05, 0) is 32.3 Å². The van der Waals surface area contributed by atoms with Gasteiger partial charge in [0.05, 0.1) is 5.69 Å². The zero-order valence-electron chi connectivity index (χ0n) is 14.5. The van der Waals surface area contributed by atoms with Crippen LogP contribution in [-0.2, 0) is 18.3 Å². The van der Waals surface area contributed by atoms with Crippen LogP contribution in [0, 0.1) is 13.8 Å². The van der Waals surface area contributed by atoms with Crippen molar-refractivity contribution >= 4 is 16.9 Å². The number of H-pyrrole nitrogens is 1. The van der Waals surface area contributed by atoms with Crippen molar-refractivity contribution in [3.05, 3.63) is 27.2 Å². The molecule has 0 fully saturated rings. The highest BCUT2D eigenvalue weighted by molar-refractivity contribution is 5.83. The summed E-state index contributed by atoms with van der Waals surface area (Å²) in [4.78, 5) is 27.1. The third kappa shape index (κ3) is 3.81. The first-order valence-electron chi connectivity index (χ1n) is 8.27. The molecule has 0 saturated heterocycles. The minimum absolute atomic E-state index is 0.00269. The van der Waals surface area contributed by atoms with E-state index in [0.717, 1.165) is 41.6 Å². The largest absolute Gasteiger partial charge is 0.356 e. The topological polar surface area (TPSA) is 79.8 Å². The van der Waals surface area contributed by atoms with Crippen molar-refractivity contribution in [2.45, 2.75) is 52.9 Å². The van der Waals surface area contributed by atoms with Crippen LogP contribution in [0.5, 0.6) is 0 Å². The fourth-order valence-corrected chi connectivity index (χ4v) is 2.99. The van der Waals surface area contributed by atoms with Crippen LogP contribution in [0.25, 0.3) is 11.0 Å². The molecule has 0 spiro atoms. The predicted molar refractivity (Wildman–Crippen MR) is 91.7 cm³/mol. The lowest BCUT2D eigenvalue weighted by Gasteiger charge is -2.08. The summed E-state index contributed by atoms with van der Waals surface area (Å²) in [5.41, 5.74) is 3.10. The second-order valence-electron chi connectivity index (χ2n) is 6.05. The molecule has 0 radical (unpaired) electrons. The molecule has 2 rings (SSSR count). The maximum absolute atomic E-state index is 12.3. The summed E-state index contributed by atoms with van der Waals surface area (Å²) in [5.74, 6) is 0.00269. The first-order valence-corrected chi connectivity index (χ1v) is 8.27. The Labute approximate surface area is 136 Å². The zero-order valence-corrected chi connectivity index (χ0v) is 14.5. The summed E-state index contributed by atoms with van der Waals surface area (Å²) in [6.07, 6.45) is 4.04. The minimum atomic E-state index is -0.128. The molecule has 6 heteroatoms. The number of nitrogens with one attached hydrogen (secondary N) is 2. The highest BCUT2D eigenvalue weighted by atomic mass is 16.1. The smallest absolute Gasteiger partial charge is 0.253 e. The number of carbonyl (C=O) groups excluding carboxylic acids is 1. The molecule has 0 saturated carbocycles. The van der Waals surface area contributed by atoms with Crippen LogP contribution in [0.3, 0.4) is 0 Å². The number of fused-ring (bicyclic) bond motifs is 1. The Balaban J connectivity index is 2.10. The fourth-order valence-electron chi connectivity index (χ4n) is 2.99. The molecule has 2 N–H and O–H groups in total. The summed E-state index contributed by atoms with van der Waals surface area (Å²) >= 11 is 0. The Hall–Kier alpha value is -2.11. The summed E-state index contributed by atoms with van der Waals surface area (Å²) in [5, 5.41) is 8.24. The van der Waals surface area contributed by atoms with E-state index in [2.05, 4.69) is 22.3 Å². The van der Waals surface area contributed by atoms with E-state index in [4.69, 9.17) is 0 Å². The van der Waals surface area contributed by atoms with E-state index in [1.54, 1.807) is 4.68 Å². The van der Waals surface area contributed by atoms with Crippen LogP contribution >= 0.6 is 0 Å². The van der Waals surface area contributed by atoms with Crippen LogP contribution in [0.15, 0.2) is 4.79 Å². The van der Waals surface area contributed by atoms with E-state index in [1.165, 1.54) is 0 Å². The Morgan fingerprint density at radius 1 is 1.30 bits per heavy atom. The number of amides is 1. The van der Waals surface area contributed by atoms with Crippen LogP contribution in [-0.4, -0.2) is 27.2 Å². The van der Waals surface area contributed by atoms with Gasteiger partial charge in [-0.1, -0.05) is 19.8 Å². The number of pyridine rings is 1. The number of nitrogens with zero attached hydrogens (tertiary/aromatic N) is 2. The third-order valence-electron chi connectivity index (χ3n) is 4.26. The Kier molecular flexibility index (Phi) is 5.58. The first kappa shape index (κ1) is 17.2. The van der Waals surface area contributed by atoms with Crippen molar-refractivity contribution < 1.29 is 4.79 Å².